The second kappa shape index (κ2) is 12.3. The van der Waals surface area contributed by atoms with E-state index in [1.165, 1.54) is 65.3 Å². The molecule has 0 N–H and O–H groups in total. The molecular weight excluding hydrogens is 591 g/mol. The summed E-state index contributed by atoms with van der Waals surface area (Å²) in [6, 6.07) is 67.7. The molecule has 230 valence electrons. The normalized spacial score (nSPS) is 11.6. The van der Waals surface area contributed by atoms with Crippen molar-refractivity contribution in [3.05, 3.63) is 199 Å². The molecule has 0 unspecified atom stereocenters. The highest BCUT2D eigenvalue weighted by Gasteiger charge is 2.16. The number of nitrogens with zero attached hydrogens (tertiary/aromatic N) is 1. The Kier molecular flexibility index (Phi) is 7.22. The third kappa shape index (κ3) is 5.23. The monoisotopic (exact) mass is 623 g/mol. The van der Waals surface area contributed by atoms with Gasteiger partial charge in [0, 0.05) is 17.1 Å². The van der Waals surface area contributed by atoms with Crippen molar-refractivity contribution >= 4 is 72.3 Å². The third-order valence-corrected chi connectivity index (χ3v) is 9.61. The van der Waals surface area contributed by atoms with Gasteiger partial charge in [-0.1, -0.05) is 158 Å². The number of para-hydroxylation sites is 2. The molecule has 0 heterocycles. The molecule has 0 fully saturated rings. The molecule has 0 aliphatic rings. The highest BCUT2D eigenvalue weighted by molar-refractivity contribution is 6.20. The lowest BCUT2D eigenvalue weighted by molar-refractivity contribution is 1.29. The fourth-order valence-electron chi connectivity index (χ4n) is 7.35. The Morgan fingerprint density at radius 2 is 0.857 bits per heavy atom. The minimum atomic E-state index is 1.14. The zero-order chi connectivity index (χ0) is 32.6. The van der Waals surface area contributed by atoms with Crippen molar-refractivity contribution in [3.8, 4) is 11.1 Å². The number of hydrogen-bond donors (Lipinski definition) is 0. The largest absolute Gasteiger partial charge is 0.310 e. The lowest BCUT2D eigenvalue weighted by atomic mass is 9.86. The Morgan fingerprint density at radius 1 is 0.327 bits per heavy atom. The minimum Gasteiger partial charge on any atom is -0.310 e. The Bertz CT molecular complexity index is 2550. The molecule has 9 rings (SSSR count). The van der Waals surface area contributed by atoms with Crippen LogP contribution in [-0.4, -0.2) is 0 Å². The summed E-state index contributed by atoms with van der Waals surface area (Å²) in [4.78, 5) is 2.31. The molecule has 0 atom stereocenters. The molecule has 0 spiro atoms. The van der Waals surface area contributed by atoms with Crippen LogP contribution in [0.1, 0.15) is 11.1 Å². The van der Waals surface area contributed by atoms with Gasteiger partial charge in [0.1, 0.15) is 0 Å². The summed E-state index contributed by atoms with van der Waals surface area (Å²) < 4.78 is 0. The van der Waals surface area contributed by atoms with Crippen LogP contribution in [0.2, 0.25) is 0 Å². The van der Waals surface area contributed by atoms with E-state index in [4.69, 9.17) is 0 Å². The van der Waals surface area contributed by atoms with Crippen molar-refractivity contribution in [2.45, 2.75) is 0 Å². The van der Waals surface area contributed by atoms with Gasteiger partial charge in [-0.15, -0.1) is 0 Å². The molecule has 9 aromatic carbocycles. The Balaban J connectivity index is 1.14. The molecule has 0 radical (unpaired) electrons. The van der Waals surface area contributed by atoms with E-state index in [0.29, 0.717) is 0 Å². The van der Waals surface area contributed by atoms with Gasteiger partial charge in [-0.25, -0.2) is 0 Å². The van der Waals surface area contributed by atoms with Gasteiger partial charge in [0.25, 0.3) is 0 Å². The van der Waals surface area contributed by atoms with Crippen molar-refractivity contribution < 1.29 is 0 Å². The molecule has 1 nitrogen and oxygen atoms in total. The summed E-state index contributed by atoms with van der Waals surface area (Å²) in [5, 5.41) is 10.0. The van der Waals surface area contributed by atoms with Crippen molar-refractivity contribution in [3.63, 3.8) is 0 Å². The number of fused-ring (bicyclic) bond motifs is 4. The van der Waals surface area contributed by atoms with Gasteiger partial charge in [0.05, 0.1) is 0 Å². The molecule has 0 saturated carbocycles. The molecule has 0 aliphatic heterocycles. The van der Waals surface area contributed by atoms with E-state index in [0.717, 1.165) is 17.1 Å². The fraction of sp³-hybridized carbons (Fsp3) is 0. The second-order valence-electron chi connectivity index (χ2n) is 12.5. The first-order valence-corrected chi connectivity index (χ1v) is 16.9. The predicted octanol–water partition coefficient (Wildman–Crippen LogP) is 13.6. The maximum absolute atomic E-state index is 2.31. The van der Waals surface area contributed by atoms with E-state index in [2.05, 4.69) is 205 Å². The van der Waals surface area contributed by atoms with Crippen LogP contribution in [0.25, 0.3) is 66.4 Å². The zero-order valence-electron chi connectivity index (χ0n) is 27.0. The molecule has 0 aliphatic carbocycles. The Hall–Kier alpha value is -6.44. The number of hydrogen-bond acceptors (Lipinski definition) is 1. The van der Waals surface area contributed by atoms with Gasteiger partial charge in [-0.05, 0) is 108 Å². The highest BCUT2D eigenvalue weighted by Crippen LogP contribution is 2.42. The average Bonchev–Trinajstić information content (AvgIpc) is 3.17. The van der Waals surface area contributed by atoms with E-state index in [1.807, 2.05) is 0 Å². The fourth-order valence-corrected chi connectivity index (χ4v) is 7.35. The van der Waals surface area contributed by atoms with Crippen LogP contribution in [-0.2, 0) is 0 Å². The smallest absolute Gasteiger partial charge is 0.0468 e. The molecule has 9 aromatic rings. The van der Waals surface area contributed by atoms with Gasteiger partial charge < -0.3 is 4.90 Å². The molecule has 49 heavy (non-hydrogen) atoms. The summed E-state index contributed by atoms with van der Waals surface area (Å²) in [6.07, 6.45) is 4.57. The van der Waals surface area contributed by atoms with Crippen molar-refractivity contribution in [2.75, 3.05) is 4.90 Å². The molecule has 0 saturated heterocycles. The first kappa shape index (κ1) is 28.8. The van der Waals surface area contributed by atoms with Crippen molar-refractivity contribution in [2.24, 2.45) is 0 Å². The maximum atomic E-state index is 2.31. The summed E-state index contributed by atoms with van der Waals surface area (Å²) >= 11 is 0. The molecular formula is C48H33N. The van der Waals surface area contributed by atoms with Crippen LogP contribution in [0.3, 0.4) is 0 Å². The lowest BCUT2D eigenvalue weighted by Gasteiger charge is -2.25. The summed E-state index contributed by atoms with van der Waals surface area (Å²) in [7, 11) is 0. The van der Waals surface area contributed by atoms with E-state index in [1.54, 1.807) is 0 Å². The van der Waals surface area contributed by atoms with Crippen LogP contribution in [0, 0.1) is 0 Å². The topological polar surface area (TPSA) is 3.24 Å². The van der Waals surface area contributed by atoms with Crippen molar-refractivity contribution in [1.82, 2.24) is 0 Å². The Labute approximate surface area is 286 Å². The van der Waals surface area contributed by atoms with E-state index < -0.39 is 0 Å². The van der Waals surface area contributed by atoms with E-state index >= 15 is 0 Å². The lowest BCUT2D eigenvalue weighted by Crippen LogP contribution is -2.09. The highest BCUT2D eigenvalue weighted by atomic mass is 15.1. The zero-order valence-corrected chi connectivity index (χ0v) is 27.0. The van der Waals surface area contributed by atoms with Gasteiger partial charge >= 0.3 is 0 Å². The van der Waals surface area contributed by atoms with Crippen LogP contribution < -0.4 is 4.90 Å². The second-order valence-corrected chi connectivity index (χ2v) is 12.5. The first-order valence-electron chi connectivity index (χ1n) is 16.9. The first-order chi connectivity index (χ1) is 24.3. The van der Waals surface area contributed by atoms with Gasteiger partial charge in [0.2, 0.25) is 0 Å². The molecule has 1 heteroatoms. The Morgan fingerprint density at radius 3 is 1.53 bits per heavy atom. The number of anilines is 3. The van der Waals surface area contributed by atoms with Crippen LogP contribution in [0.15, 0.2) is 188 Å². The third-order valence-electron chi connectivity index (χ3n) is 9.61. The average molecular weight is 624 g/mol. The van der Waals surface area contributed by atoms with Crippen LogP contribution in [0.4, 0.5) is 17.1 Å². The SMILES string of the molecule is C(=Cc1c2ccccc2c(-c2cccc3ccccc23)c2ccccc12)c1ccc2cc(N(c3ccccc3)c3ccccc3)ccc2c1. The summed E-state index contributed by atoms with van der Waals surface area (Å²) in [5.74, 6) is 0. The summed E-state index contributed by atoms with van der Waals surface area (Å²) in [5.41, 5.74) is 8.39. The number of benzene rings is 9. The molecule has 0 amide bonds. The number of rotatable bonds is 6. The van der Waals surface area contributed by atoms with E-state index in [-0.39, 0.29) is 0 Å². The standard InChI is InChI=1S/C48H33N/c1-3-16-38(17-4-1)49(39-18-5-2-6-19-39)40-30-29-36-32-34(26-28-37(36)33-40)27-31-44-42-21-9-11-23-46(42)48(47-24-12-10-22-43(44)47)45-25-13-15-35-14-7-8-20-41(35)45/h1-33H. The summed E-state index contributed by atoms with van der Waals surface area (Å²) in [6.45, 7) is 0. The van der Waals surface area contributed by atoms with E-state index in [9.17, 15) is 0 Å². The van der Waals surface area contributed by atoms with Gasteiger partial charge in [0.15, 0.2) is 0 Å². The van der Waals surface area contributed by atoms with Crippen LogP contribution >= 0.6 is 0 Å². The maximum Gasteiger partial charge on any atom is 0.0468 e. The van der Waals surface area contributed by atoms with Crippen LogP contribution in [0.5, 0.6) is 0 Å². The predicted molar refractivity (Wildman–Crippen MR) is 212 cm³/mol. The molecule has 0 bridgehead atoms. The quantitative estimate of drug-likeness (QED) is 0.132. The van der Waals surface area contributed by atoms with Gasteiger partial charge in [-0.2, -0.15) is 0 Å². The van der Waals surface area contributed by atoms with Crippen molar-refractivity contribution in [1.29, 1.82) is 0 Å². The minimum absolute atomic E-state index is 1.14. The molecule has 0 aromatic heterocycles. The van der Waals surface area contributed by atoms with Gasteiger partial charge in [-0.3, -0.25) is 0 Å².